The molecule has 0 spiro atoms. The van der Waals surface area contributed by atoms with E-state index in [0.29, 0.717) is 25.1 Å². The zero-order chi connectivity index (χ0) is 14.7. The molecule has 0 radical (unpaired) electrons. The van der Waals surface area contributed by atoms with Crippen molar-refractivity contribution in [3.05, 3.63) is 29.3 Å². The molecule has 1 aliphatic heterocycles. The number of ketones is 1. The number of rotatable bonds is 4. The first-order valence-corrected chi connectivity index (χ1v) is 6.26. The van der Waals surface area contributed by atoms with Gasteiger partial charge in [-0.15, -0.1) is 11.8 Å². The number of anilines is 1. The van der Waals surface area contributed by atoms with Crippen LogP contribution in [0.25, 0.3) is 0 Å². The van der Waals surface area contributed by atoms with Crippen LogP contribution in [0.15, 0.2) is 18.2 Å². The summed E-state index contributed by atoms with van der Waals surface area (Å²) in [4.78, 5) is 36.4. The van der Waals surface area contributed by atoms with Crippen LogP contribution in [-0.4, -0.2) is 24.1 Å². The normalized spacial score (nSPS) is 12.9. The number of benzene rings is 1. The number of amides is 2. The van der Waals surface area contributed by atoms with Crippen LogP contribution in [0.5, 0.6) is 0 Å². The molecule has 2 rings (SSSR count). The van der Waals surface area contributed by atoms with E-state index in [-0.39, 0.29) is 11.1 Å². The molecule has 0 saturated carbocycles. The van der Waals surface area contributed by atoms with Crippen LogP contribution < -0.4 is 10.6 Å². The minimum atomic E-state index is -0.621. The fourth-order valence-electron chi connectivity index (χ4n) is 2.13. The standard InChI is InChI=1S/C15H14N2O3/c1-2-3-4-5-8-17-12-7-6-10(14(16)19)9-11(12)13(18)15(17)20/h6-7,9H,4-5,8H2,1H3,(H2,16,19). The Morgan fingerprint density at radius 3 is 2.75 bits per heavy atom. The molecular formula is C15H14N2O3. The number of Topliss-reactive ketones (excluding diaryl/α,β-unsaturated/α-hetero) is 1. The van der Waals surface area contributed by atoms with Gasteiger partial charge in [-0.1, -0.05) is 0 Å². The minimum absolute atomic E-state index is 0.226. The Kier molecular flexibility index (Phi) is 3.85. The van der Waals surface area contributed by atoms with Crippen LogP contribution in [0.4, 0.5) is 5.69 Å². The van der Waals surface area contributed by atoms with Crippen molar-refractivity contribution in [1.29, 1.82) is 0 Å². The van der Waals surface area contributed by atoms with Gasteiger partial charge in [0.1, 0.15) is 0 Å². The van der Waals surface area contributed by atoms with Gasteiger partial charge in [-0.05, 0) is 31.5 Å². The van der Waals surface area contributed by atoms with Gasteiger partial charge in [0.05, 0.1) is 11.3 Å². The van der Waals surface area contributed by atoms with Crippen molar-refractivity contribution in [3.63, 3.8) is 0 Å². The molecule has 5 nitrogen and oxygen atoms in total. The van der Waals surface area contributed by atoms with E-state index in [1.807, 2.05) is 0 Å². The number of nitrogens with zero attached hydrogens (tertiary/aromatic N) is 1. The van der Waals surface area contributed by atoms with E-state index in [0.717, 1.165) is 0 Å². The molecule has 0 bridgehead atoms. The highest BCUT2D eigenvalue weighted by molar-refractivity contribution is 6.52. The number of carbonyl (C=O) groups excluding carboxylic acids is 3. The van der Waals surface area contributed by atoms with Crippen molar-refractivity contribution in [1.82, 2.24) is 0 Å². The average Bonchev–Trinajstić information content (AvgIpc) is 2.67. The highest BCUT2D eigenvalue weighted by Gasteiger charge is 2.35. The second-order valence-corrected chi connectivity index (χ2v) is 4.41. The molecule has 1 aliphatic rings. The van der Waals surface area contributed by atoms with Crippen LogP contribution in [-0.2, 0) is 4.79 Å². The smallest absolute Gasteiger partial charge is 0.299 e. The van der Waals surface area contributed by atoms with E-state index >= 15 is 0 Å². The summed E-state index contributed by atoms with van der Waals surface area (Å²) in [6, 6.07) is 4.49. The lowest BCUT2D eigenvalue weighted by molar-refractivity contribution is -0.114. The Morgan fingerprint density at radius 1 is 1.35 bits per heavy atom. The molecule has 0 aliphatic carbocycles. The Balaban J connectivity index is 2.26. The lowest BCUT2D eigenvalue weighted by Gasteiger charge is -2.15. The molecule has 102 valence electrons. The SMILES string of the molecule is CC#CCCCN1C(=O)C(=O)c2cc(C(N)=O)ccc21. The van der Waals surface area contributed by atoms with Crippen LogP contribution in [0.2, 0.25) is 0 Å². The van der Waals surface area contributed by atoms with Crippen molar-refractivity contribution in [2.45, 2.75) is 19.8 Å². The predicted octanol–water partition coefficient (Wildman–Crippen LogP) is 1.12. The van der Waals surface area contributed by atoms with Gasteiger partial charge < -0.3 is 10.6 Å². The molecule has 5 heteroatoms. The third-order valence-electron chi connectivity index (χ3n) is 3.12. The maximum Gasteiger partial charge on any atom is 0.299 e. The summed E-state index contributed by atoms with van der Waals surface area (Å²) in [6.45, 7) is 2.19. The van der Waals surface area contributed by atoms with Gasteiger partial charge in [0, 0.05) is 18.5 Å². The molecule has 2 amide bonds. The Morgan fingerprint density at radius 2 is 2.10 bits per heavy atom. The van der Waals surface area contributed by atoms with Crippen LogP contribution in [0.1, 0.15) is 40.5 Å². The lowest BCUT2D eigenvalue weighted by Crippen LogP contribution is -2.30. The number of hydrogen-bond acceptors (Lipinski definition) is 3. The largest absolute Gasteiger partial charge is 0.366 e. The zero-order valence-corrected chi connectivity index (χ0v) is 11.1. The lowest BCUT2D eigenvalue weighted by atomic mass is 10.1. The quantitative estimate of drug-likeness (QED) is 0.505. The second-order valence-electron chi connectivity index (χ2n) is 4.41. The Hall–Kier alpha value is -2.61. The van der Waals surface area contributed by atoms with Gasteiger partial charge in [-0.3, -0.25) is 14.4 Å². The van der Waals surface area contributed by atoms with Crippen molar-refractivity contribution in [3.8, 4) is 11.8 Å². The number of primary amides is 1. The first-order chi connectivity index (χ1) is 9.56. The number of nitrogens with two attached hydrogens (primary N) is 1. The van der Waals surface area contributed by atoms with E-state index in [4.69, 9.17) is 5.73 Å². The molecule has 0 unspecified atom stereocenters. The fraction of sp³-hybridized carbons (Fsp3) is 0.267. The second kappa shape index (κ2) is 5.57. The molecule has 1 heterocycles. The molecule has 0 fully saturated rings. The van der Waals surface area contributed by atoms with E-state index in [1.54, 1.807) is 13.0 Å². The number of unbranched alkanes of at least 4 members (excludes halogenated alkanes) is 1. The maximum atomic E-state index is 11.9. The molecule has 0 aromatic heterocycles. The molecular weight excluding hydrogens is 256 g/mol. The summed E-state index contributed by atoms with van der Waals surface area (Å²) < 4.78 is 0. The Bertz CT molecular complexity index is 653. The monoisotopic (exact) mass is 270 g/mol. The molecule has 1 aromatic carbocycles. The minimum Gasteiger partial charge on any atom is -0.366 e. The zero-order valence-electron chi connectivity index (χ0n) is 11.1. The highest BCUT2D eigenvalue weighted by atomic mass is 16.2. The number of fused-ring (bicyclic) bond motifs is 1. The van der Waals surface area contributed by atoms with Crippen molar-refractivity contribution >= 4 is 23.3 Å². The van der Waals surface area contributed by atoms with Gasteiger partial charge in [0.25, 0.3) is 11.7 Å². The molecule has 20 heavy (non-hydrogen) atoms. The van der Waals surface area contributed by atoms with Crippen LogP contribution in [0, 0.1) is 11.8 Å². The topological polar surface area (TPSA) is 80.5 Å². The van der Waals surface area contributed by atoms with Crippen LogP contribution >= 0.6 is 0 Å². The van der Waals surface area contributed by atoms with Crippen LogP contribution in [0.3, 0.4) is 0 Å². The predicted molar refractivity (Wildman–Crippen MR) is 74.3 cm³/mol. The Labute approximate surface area is 116 Å². The molecule has 1 aromatic rings. The van der Waals surface area contributed by atoms with Gasteiger partial charge in [-0.25, -0.2) is 0 Å². The number of carbonyl (C=O) groups is 3. The van der Waals surface area contributed by atoms with Crippen molar-refractivity contribution in [2.75, 3.05) is 11.4 Å². The summed E-state index contributed by atoms with van der Waals surface area (Å²) >= 11 is 0. The summed E-state index contributed by atoms with van der Waals surface area (Å²) in [5.41, 5.74) is 6.18. The van der Waals surface area contributed by atoms with E-state index < -0.39 is 17.6 Å². The van der Waals surface area contributed by atoms with Gasteiger partial charge >= 0.3 is 0 Å². The maximum absolute atomic E-state index is 11.9. The van der Waals surface area contributed by atoms with Gasteiger partial charge in [0.2, 0.25) is 5.91 Å². The van der Waals surface area contributed by atoms with E-state index in [2.05, 4.69) is 11.8 Å². The summed E-state index contributed by atoms with van der Waals surface area (Å²) in [5.74, 6) is 3.92. The number of hydrogen-bond donors (Lipinski definition) is 1. The summed E-state index contributed by atoms with van der Waals surface area (Å²) in [6.07, 6.45) is 1.36. The third-order valence-corrected chi connectivity index (χ3v) is 3.12. The van der Waals surface area contributed by atoms with Crippen molar-refractivity contribution in [2.24, 2.45) is 5.73 Å². The first kappa shape index (κ1) is 13.8. The first-order valence-electron chi connectivity index (χ1n) is 6.26. The van der Waals surface area contributed by atoms with E-state index in [1.165, 1.54) is 17.0 Å². The summed E-state index contributed by atoms with van der Waals surface area (Å²) in [5, 5.41) is 0. The average molecular weight is 270 g/mol. The summed E-state index contributed by atoms with van der Waals surface area (Å²) in [7, 11) is 0. The third kappa shape index (κ3) is 2.41. The molecule has 2 N–H and O–H groups in total. The fourth-order valence-corrected chi connectivity index (χ4v) is 2.13. The van der Waals surface area contributed by atoms with E-state index in [9.17, 15) is 14.4 Å². The van der Waals surface area contributed by atoms with Crippen molar-refractivity contribution < 1.29 is 14.4 Å². The van der Waals surface area contributed by atoms with Gasteiger partial charge in [0.15, 0.2) is 0 Å². The van der Waals surface area contributed by atoms with Gasteiger partial charge in [-0.2, -0.15) is 0 Å². The molecule has 0 atom stereocenters. The molecule has 0 saturated heterocycles. The highest BCUT2D eigenvalue weighted by Crippen LogP contribution is 2.29.